The van der Waals surface area contributed by atoms with E-state index in [0.717, 1.165) is 4.47 Å². The Bertz CT molecular complexity index is 942. The van der Waals surface area contributed by atoms with Crippen LogP contribution in [0.25, 0.3) is 11.1 Å². The van der Waals surface area contributed by atoms with E-state index in [9.17, 15) is 9.59 Å². The summed E-state index contributed by atoms with van der Waals surface area (Å²) in [5, 5.41) is 5.45. The average molecular weight is 390 g/mol. The molecule has 0 fully saturated rings. The van der Waals surface area contributed by atoms with E-state index in [1.165, 1.54) is 0 Å². The van der Waals surface area contributed by atoms with Crippen LogP contribution in [0.4, 0.5) is 16.2 Å². The number of hydrogen-bond acceptors (Lipinski definition) is 3. The van der Waals surface area contributed by atoms with Crippen molar-refractivity contribution in [2.24, 2.45) is 0 Å². The lowest BCUT2D eigenvalue weighted by Gasteiger charge is -2.08. The van der Waals surface area contributed by atoms with Crippen LogP contribution in [0.5, 0.6) is 0 Å². The number of carbonyl (C=O) groups excluding carboxylic acids is 1. The van der Waals surface area contributed by atoms with Crippen molar-refractivity contribution in [3.63, 3.8) is 0 Å². The van der Waals surface area contributed by atoms with Gasteiger partial charge in [-0.1, -0.05) is 15.9 Å². The molecule has 0 saturated heterocycles. The maximum Gasteiger partial charge on any atom is 0.420 e. The minimum atomic E-state index is -0.406. The Balaban J connectivity index is 1.79. The molecular formula is C17H16BrN3O3. The van der Waals surface area contributed by atoms with E-state index in [4.69, 9.17) is 4.42 Å². The van der Waals surface area contributed by atoms with Crippen molar-refractivity contribution in [3.8, 4) is 0 Å². The van der Waals surface area contributed by atoms with E-state index in [1.807, 2.05) is 26.0 Å². The first-order chi connectivity index (χ1) is 11.4. The molecule has 24 heavy (non-hydrogen) atoms. The molecule has 6 nitrogen and oxygen atoms in total. The number of urea groups is 1. The van der Waals surface area contributed by atoms with Gasteiger partial charge in [0.15, 0.2) is 5.58 Å². The summed E-state index contributed by atoms with van der Waals surface area (Å²) in [6, 6.07) is 12.0. The number of oxazole rings is 1. The first-order valence-corrected chi connectivity index (χ1v) is 8.22. The van der Waals surface area contributed by atoms with Crippen LogP contribution >= 0.6 is 15.9 Å². The highest BCUT2D eigenvalue weighted by Crippen LogP contribution is 2.21. The predicted molar refractivity (Wildman–Crippen MR) is 97.6 cm³/mol. The molecule has 2 amide bonds. The SMILES string of the molecule is CC(C)n1c(=O)oc2cc(NC(=O)Nc3ccc(Br)cc3)ccc21. The van der Waals surface area contributed by atoms with Crippen molar-refractivity contribution in [1.82, 2.24) is 4.57 Å². The number of carbonyl (C=O) groups is 1. The fourth-order valence-corrected chi connectivity index (χ4v) is 2.69. The first kappa shape index (κ1) is 16.3. The van der Waals surface area contributed by atoms with Gasteiger partial charge in [0, 0.05) is 28.0 Å². The molecule has 0 aliphatic carbocycles. The second-order valence-corrected chi connectivity index (χ2v) is 6.52. The van der Waals surface area contributed by atoms with E-state index >= 15 is 0 Å². The fraction of sp³-hybridized carbons (Fsp3) is 0.176. The van der Waals surface area contributed by atoms with Crippen molar-refractivity contribution >= 4 is 44.4 Å². The molecule has 0 aliphatic rings. The molecule has 0 unspecified atom stereocenters. The molecular weight excluding hydrogens is 374 g/mol. The van der Waals surface area contributed by atoms with Crippen LogP contribution in [0, 0.1) is 0 Å². The summed E-state index contributed by atoms with van der Waals surface area (Å²) in [6.07, 6.45) is 0. The van der Waals surface area contributed by atoms with Crippen LogP contribution in [0.1, 0.15) is 19.9 Å². The van der Waals surface area contributed by atoms with Gasteiger partial charge in [0.05, 0.1) is 5.52 Å². The quantitative estimate of drug-likeness (QED) is 0.687. The van der Waals surface area contributed by atoms with Gasteiger partial charge in [-0.05, 0) is 50.2 Å². The van der Waals surface area contributed by atoms with Gasteiger partial charge in [0.1, 0.15) is 0 Å². The zero-order valence-electron chi connectivity index (χ0n) is 13.2. The molecule has 1 heterocycles. The average Bonchev–Trinajstić information content (AvgIpc) is 2.84. The van der Waals surface area contributed by atoms with Gasteiger partial charge in [-0.2, -0.15) is 0 Å². The van der Waals surface area contributed by atoms with Gasteiger partial charge in [0.25, 0.3) is 0 Å². The van der Waals surface area contributed by atoms with Crippen molar-refractivity contribution in [2.75, 3.05) is 10.6 Å². The highest BCUT2D eigenvalue weighted by atomic mass is 79.9. The summed E-state index contributed by atoms with van der Waals surface area (Å²) in [5.74, 6) is -0.406. The number of halogens is 1. The number of nitrogens with zero attached hydrogens (tertiary/aromatic N) is 1. The monoisotopic (exact) mass is 389 g/mol. The molecule has 0 bridgehead atoms. The minimum absolute atomic E-state index is 0.00161. The van der Waals surface area contributed by atoms with Gasteiger partial charge in [-0.3, -0.25) is 4.57 Å². The van der Waals surface area contributed by atoms with Crippen LogP contribution in [-0.4, -0.2) is 10.6 Å². The summed E-state index contributed by atoms with van der Waals surface area (Å²) in [6.45, 7) is 3.82. The van der Waals surface area contributed by atoms with Gasteiger partial charge >= 0.3 is 11.8 Å². The number of amides is 2. The smallest absolute Gasteiger partial charge is 0.408 e. The van der Waals surface area contributed by atoms with Gasteiger partial charge in [-0.25, -0.2) is 9.59 Å². The van der Waals surface area contributed by atoms with E-state index in [1.54, 1.807) is 34.9 Å². The number of benzene rings is 2. The van der Waals surface area contributed by atoms with Gasteiger partial charge in [-0.15, -0.1) is 0 Å². The maximum absolute atomic E-state index is 12.1. The molecule has 3 rings (SSSR count). The lowest BCUT2D eigenvalue weighted by Crippen LogP contribution is -2.19. The first-order valence-electron chi connectivity index (χ1n) is 7.42. The Morgan fingerprint density at radius 2 is 1.71 bits per heavy atom. The molecule has 0 radical (unpaired) electrons. The van der Waals surface area contributed by atoms with Crippen molar-refractivity contribution < 1.29 is 9.21 Å². The molecule has 124 valence electrons. The lowest BCUT2D eigenvalue weighted by atomic mass is 10.2. The van der Waals surface area contributed by atoms with Crippen molar-refractivity contribution in [2.45, 2.75) is 19.9 Å². The van der Waals surface area contributed by atoms with E-state index in [2.05, 4.69) is 26.6 Å². The predicted octanol–water partition coefficient (Wildman–Crippen LogP) is 4.58. The largest absolute Gasteiger partial charge is 0.420 e. The van der Waals surface area contributed by atoms with Crippen LogP contribution in [0.15, 0.2) is 56.1 Å². The Morgan fingerprint density at radius 1 is 1.08 bits per heavy atom. The third kappa shape index (κ3) is 3.35. The standard InChI is InChI=1S/C17H16BrN3O3/c1-10(2)21-14-8-7-13(9-15(14)24-17(21)23)20-16(22)19-12-5-3-11(18)4-6-12/h3-10H,1-2H3,(H2,19,20,22). The van der Waals surface area contributed by atoms with Gasteiger partial charge < -0.3 is 15.1 Å². The molecule has 1 aromatic heterocycles. The Morgan fingerprint density at radius 3 is 2.38 bits per heavy atom. The topological polar surface area (TPSA) is 76.3 Å². The number of fused-ring (bicyclic) bond motifs is 1. The molecule has 7 heteroatoms. The Kier molecular flexibility index (Phi) is 4.44. The number of hydrogen-bond donors (Lipinski definition) is 2. The summed E-state index contributed by atoms with van der Waals surface area (Å²) in [5.41, 5.74) is 2.36. The second-order valence-electron chi connectivity index (χ2n) is 5.60. The molecule has 2 N–H and O–H groups in total. The molecule has 0 saturated carbocycles. The number of nitrogens with one attached hydrogen (secondary N) is 2. The maximum atomic E-state index is 12.1. The normalized spacial score (nSPS) is 11.0. The van der Waals surface area contributed by atoms with Crippen LogP contribution in [-0.2, 0) is 0 Å². The summed E-state index contributed by atoms with van der Waals surface area (Å²) in [7, 11) is 0. The Labute approximate surface area is 146 Å². The number of aromatic nitrogens is 1. The third-order valence-corrected chi connectivity index (χ3v) is 4.02. The highest BCUT2D eigenvalue weighted by molar-refractivity contribution is 9.10. The minimum Gasteiger partial charge on any atom is -0.408 e. The summed E-state index contributed by atoms with van der Waals surface area (Å²) < 4.78 is 7.75. The molecule has 0 spiro atoms. The van der Waals surface area contributed by atoms with Crippen molar-refractivity contribution in [3.05, 3.63) is 57.5 Å². The number of anilines is 2. The van der Waals surface area contributed by atoms with Crippen LogP contribution in [0.3, 0.4) is 0 Å². The summed E-state index contributed by atoms with van der Waals surface area (Å²) >= 11 is 3.34. The van der Waals surface area contributed by atoms with Crippen molar-refractivity contribution in [1.29, 1.82) is 0 Å². The van der Waals surface area contributed by atoms with E-state index < -0.39 is 5.76 Å². The zero-order valence-corrected chi connectivity index (χ0v) is 14.8. The lowest BCUT2D eigenvalue weighted by molar-refractivity contribution is 0.262. The molecule has 3 aromatic rings. The number of rotatable bonds is 3. The van der Waals surface area contributed by atoms with Crippen LogP contribution < -0.4 is 16.4 Å². The molecule has 0 aliphatic heterocycles. The van der Waals surface area contributed by atoms with Gasteiger partial charge in [0.2, 0.25) is 0 Å². The van der Waals surface area contributed by atoms with Crippen LogP contribution in [0.2, 0.25) is 0 Å². The summed E-state index contributed by atoms with van der Waals surface area (Å²) in [4.78, 5) is 23.9. The molecule has 0 atom stereocenters. The Hall–Kier alpha value is -2.54. The second kappa shape index (κ2) is 6.52. The van der Waals surface area contributed by atoms with E-state index in [-0.39, 0.29) is 12.1 Å². The highest BCUT2D eigenvalue weighted by Gasteiger charge is 2.13. The molecule has 2 aromatic carbocycles. The zero-order chi connectivity index (χ0) is 17.3. The van der Waals surface area contributed by atoms with E-state index in [0.29, 0.717) is 22.5 Å². The third-order valence-electron chi connectivity index (χ3n) is 3.49. The fourth-order valence-electron chi connectivity index (χ4n) is 2.43.